The van der Waals surface area contributed by atoms with Crippen LogP contribution in [0.25, 0.3) is 0 Å². The fraction of sp³-hybridized carbons (Fsp3) is 0.429. The summed E-state index contributed by atoms with van der Waals surface area (Å²) in [7, 11) is 0. The van der Waals surface area contributed by atoms with E-state index in [-0.39, 0.29) is 76.1 Å². The number of carbonyl (C=O) groups excluding carboxylic acids is 1. The van der Waals surface area contributed by atoms with Crippen molar-refractivity contribution in [2.24, 2.45) is 0 Å². The van der Waals surface area contributed by atoms with Crippen LogP contribution in [0.4, 0.5) is 8.78 Å². The molecule has 1 aliphatic rings. The van der Waals surface area contributed by atoms with Crippen LogP contribution in [-0.4, -0.2) is 6.29 Å². The summed E-state index contributed by atoms with van der Waals surface area (Å²) >= 11 is 0. The van der Waals surface area contributed by atoms with Crippen LogP contribution in [0.3, 0.4) is 0 Å². The van der Waals surface area contributed by atoms with Gasteiger partial charge in [-0.2, -0.15) is 12.8 Å². The molecule has 1 fully saturated rings. The Morgan fingerprint density at radius 1 is 1.22 bits per heavy atom. The molecule has 0 saturated heterocycles. The van der Waals surface area contributed by atoms with Gasteiger partial charge in [0.05, 0.1) is 0 Å². The van der Waals surface area contributed by atoms with E-state index in [1.165, 1.54) is 12.1 Å². The van der Waals surface area contributed by atoms with Gasteiger partial charge in [-0.1, -0.05) is 12.8 Å². The summed E-state index contributed by atoms with van der Waals surface area (Å²) in [5, 5.41) is 0. The predicted molar refractivity (Wildman–Crippen MR) is 61.6 cm³/mol. The van der Waals surface area contributed by atoms with Gasteiger partial charge in [-0.15, -0.1) is 0 Å². The SMILES string of the molecule is O=CCc1c(F)cc(C2CC[CH-]CC2)cc1F.[Rb+]. The van der Waals surface area contributed by atoms with Crippen molar-refractivity contribution in [2.75, 3.05) is 0 Å². The molecule has 1 nitrogen and oxygen atoms in total. The quantitative estimate of drug-likeness (QED) is 0.587. The Kier molecular flexibility index (Phi) is 7.36. The van der Waals surface area contributed by atoms with Crippen molar-refractivity contribution < 1.29 is 71.8 Å². The van der Waals surface area contributed by atoms with E-state index in [4.69, 9.17) is 0 Å². The zero-order chi connectivity index (χ0) is 12.3. The minimum atomic E-state index is -0.596. The van der Waals surface area contributed by atoms with E-state index in [0.717, 1.165) is 31.2 Å². The van der Waals surface area contributed by atoms with Crippen LogP contribution in [0.15, 0.2) is 12.1 Å². The summed E-state index contributed by atoms with van der Waals surface area (Å²) in [6.45, 7) is 0. The molecular formula is C14H15F2ORb. The van der Waals surface area contributed by atoms with E-state index in [1.807, 2.05) is 0 Å². The second-order valence-corrected chi connectivity index (χ2v) is 4.47. The van der Waals surface area contributed by atoms with Crippen molar-refractivity contribution in [1.29, 1.82) is 0 Å². The van der Waals surface area contributed by atoms with Crippen molar-refractivity contribution in [3.8, 4) is 0 Å². The molecule has 0 aliphatic heterocycles. The van der Waals surface area contributed by atoms with Crippen LogP contribution in [0.2, 0.25) is 0 Å². The zero-order valence-electron chi connectivity index (χ0n) is 10.6. The van der Waals surface area contributed by atoms with Crippen LogP contribution in [-0.2, 0) is 11.2 Å². The second-order valence-electron chi connectivity index (χ2n) is 4.47. The molecule has 2 rings (SSSR count). The third-order valence-electron chi connectivity index (χ3n) is 3.36. The van der Waals surface area contributed by atoms with Crippen LogP contribution in [0.1, 0.15) is 42.7 Å². The van der Waals surface area contributed by atoms with Crippen LogP contribution < -0.4 is 58.2 Å². The van der Waals surface area contributed by atoms with Gasteiger partial charge < -0.3 is 11.2 Å². The minimum absolute atomic E-state index is 0. The molecule has 18 heavy (non-hydrogen) atoms. The molecule has 0 unspecified atom stereocenters. The number of hydrogen-bond acceptors (Lipinski definition) is 1. The van der Waals surface area contributed by atoms with Gasteiger partial charge in [-0.3, -0.25) is 0 Å². The van der Waals surface area contributed by atoms with Crippen molar-refractivity contribution >= 4 is 6.29 Å². The van der Waals surface area contributed by atoms with E-state index in [9.17, 15) is 13.6 Å². The third kappa shape index (κ3) is 4.02. The van der Waals surface area contributed by atoms with Gasteiger partial charge in [0, 0.05) is 12.0 Å². The Labute approximate surface area is 155 Å². The van der Waals surface area contributed by atoms with Gasteiger partial charge in [-0.05, 0) is 23.6 Å². The fourth-order valence-corrected chi connectivity index (χ4v) is 2.40. The van der Waals surface area contributed by atoms with Gasteiger partial charge in [-0.25, -0.2) is 8.78 Å². The number of hydrogen-bond donors (Lipinski definition) is 0. The fourth-order valence-electron chi connectivity index (χ4n) is 2.40. The molecular weight excluding hydrogens is 308 g/mol. The standard InChI is InChI=1S/C14H15F2O.Rb/c15-13-8-11(10-4-2-1-3-5-10)9-14(16)12(13)6-7-17;/h1,7-10H,2-6H2;/q-1;+1. The number of aldehydes is 1. The Bertz CT molecular complexity index is 391. The number of carbonyl (C=O) groups is 1. The molecule has 0 bridgehead atoms. The van der Waals surface area contributed by atoms with E-state index in [2.05, 4.69) is 6.42 Å². The van der Waals surface area contributed by atoms with Crippen LogP contribution in [0.5, 0.6) is 0 Å². The molecule has 0 heterocycles. The van der Waals surface area contributed by atoms with Gasteiger partial charge in [0.15, 0.2) is 0 Å². The summed E-state index contributed by atoms with van der Waals surface area (Å²) in [5.74, 6) is -0.947. The maximum atomic E-state index is 13.6. The third-order valence-corrected chi connectivity index (χ3v) is 3.36. The summed E-state index contributed by atoms with van der Waals surface area (Å²) in [6, 6.07) is 2.77. The molecule has 1 aromatic carbocycles. The first-order valence-electron chi connectivity index (χ1n) is 5.95. The summed E-state index contributed by atoms with van der Waals surface area (Å²) in [4.78, 5) is 10.3. The van der Waals surface area contributed by atoms with Crippen molar-refractivity contribution in [3.05, 3.63) is 41.3 Å². The number of rotatable bonds is 3. The molecule has 0 N–H and O–H groups in total. The van der Waals surface area contributed by atoms with Gasteiger partial charge in [0.1, 0.15) is 17.9 Å². The average Bonchev–Trinajstić information content (AvgIpc) is 2.35. The van der Waals surface area contributed by atoms with E-state index in [0.29, 0.717) is 6.29 Å². The Morgan fingerprint density at radius 2 is 1.78 bits per heavy atom. The predicted octanol–water partition coefficient (Wildman–Crippen LogP) is 0.572. The first-order valence-corrected chi connectivity index (χ1v) is 5.95. The van der Waals surface area contributed by atoms with E-state index >= 15 is 0 Å². The van der Waals surface area contributed by atoms with Gasteiger partial charge in [0.25, 0.3) is 0 Å². The first kappa shape index (κ1) is 16.6. The van der Waals surface area contributed by atoms with Crippen LogP contribution in [0, 0.1) is 18.1 Å². The Hall–Kier alpha value is 0.555. The summed E-state index contributed by atoms with van der Waals surface area (Å²) < 4.78 is 27.3. The second kappa shape index (κ2) is 7.98. The molecule has 0 amide bonds. The minimum Gasteiger partial charge on any atom is -0.328 e. The Morgan fingerprint density at radius 3 is 2.28 bits per heavy atom. The number of benzene rings is 1. The van der Waals surface area contributed by atoms with Crippen LogP contribution >= 0.6 is 0 Å². The maximum absolute atomic E-state index is 13.6. The molecule has 1 aliphatic carbocycles. The molecule has 0 spiro atoms. The zero-order valence-corrected chi connectivity index (χ0v) is 15.5. The van der Waals surface area contributed by atoms with Crippen molar-refractivity contribution in [1.82, 2.24) is 0 Å². The molecule has 4 heteroatoms. The molecule has 1 aromatic rings. The molecule has 1 saturated carbocycles. The maximum Gasteiger partial charge on any atom is 1.00 e. The molecule has 92 valence electrons. The smallest absolute Gasteiger partial charge is 0.328 e. The molecule has 0 radical (unpaired) electrons. The molecule has 0 aromatic heterocycles. The largest absolute Gasteiger partial charge is 1.00 e. The van der Waals surface area contributed by atoms with Gasteiger partial charge in [0.2, 0.25) is 0 Å². The van der Waals surface area contributed by atoms with E-state index in [1.54, 1.807) is 0 Å². The van der Waals surface area contributed by atoms with Crippen molar-refractivity contribution in [2.45, 2.75) is 38.0 Å². The van der Waals surface area contributed by atoms with E-state index < -0.39 is 11.6 Å². The summed E-state index contributed by atoms with van der Waals surface area (Å²) in [6.07, 6.45) is 6.45. The first-order chi connectivity index (χ1) is 8.22. The molecule has 0 atom stereocenters. The monoisotopic (exact) mass is 322 g/mol. The average molecular weight is 323 g/mol. The van der Waals surface area contributed by atoms with Gasteiger partial charge >= 0.3 is 58.2 Å². The topological polar surface area (TPSA) is 17.1 Å². The normalized spacial score (nSPS) is 16.1. The Balaban J connectivity index is 0.00000162. The van der Waals surface area contributed by atoms with Crippen molar-refractivity contribution in [3.63, 3.8) is 0 Å². The number of halogens is 2. The summed E-state index contributed by atoms with van der Waals surface area (Å²) in [5.41, 5.74) is 0.605.